The Bertz CT molecular complexity index is 259. The van der Waals surface area contributed by atoms with Crippen LogP contribution in [0.4, 0.5) is 0 Å². The lowest BCUT2D eigenvalue weighted by Gasteiger charge is -1.98. The molecule has 1 aromatic rings. The number of nitro groups is 1. The van der Waals surface area contributed by atoms with E-state index in [0.717, 1.165) is 12.8 Å². The van der Waals surface area contributed by atoms with Crippen molar-refractivity contribution in [2.45, 2.75) is 19.3 Å². The average Bonchev–Trinajstić information content (AvgIpc) is 2.14. The van der Waals surface area contributed by atoms with Gasteiger partial charge in [0, 0.05) is 11.3 Å². The van der Waals surface area contributed by atoms with Gasteiger partial charge in [-0.1, -0.05) is 30.3 Å². The molecule has 0 bridgehead atoms. The number of benzene rings is 1. The predicted octanol–water partition coefficient (Wildman–Crippen LogP) is 2.29. The van der Waals surface area contributed by atoms with E-state index in [0.29, 0.717) is 6.42 Å². The zero-order valence-electron chi connectivity index (χ0n) is 7.48. The fourth-order valence-electron chi connectivity index (χ4n) is 1.21. The van der Waals surface area contributed by atoms with Gasteiger partial charge in [0.05, 0.1) is 0 Å². The summed E-state index contributed by atoms with van der Waals surface area (Å²) >= 11 is 0. The SMILES string of the molecule is O=[N+]([O-])CCCCc1ccccc1. The first-order valence-electron chi connectivity index (χ1n) is 4.45. The number of hydrogen-bond acceptors (Lipinski definition) is 2. The van der Waals surface area contributed by atoms with Crippen molar-refractivity contribution in [3.63, 3.8) is 0 Å². The average molecular weight is 179 g/mol. The first-order valence-corrected chi connectivity index (χ1v) is 4.45. The molecule has 3 heteroatoms. The topological polar surface area (TPSA) is 43.1 Å². The maximum absolute atomic E-state index is 10.0. The zero-order chi connectivity index (χ0) is 9.52. The standard InChI is InChI=1S/C10H13NO2/c12-11(13)9-5-4-8-10-6-2-1-3-7-10/h1-3,6-7H,4-5,8-9H2. The third-order valence-corrected chi connectivity index (χ3v) is 1.90. The molecule has 0 saturated heterocycles. The number of nitrogens with zero attached hydrogens (tertiary/aromatic N) is 1. The summed E-state index contributed by atoms with van der Waals surface area (Å²) in [7, 11) is 0. The largest absolute Gasteiger partial charge is 0.265 e. The van der Waals surface area contributed by atoms with E-state index >= 15 is 0 Å². The Morgan fingerprint density at radius 3 is 2.46 bits per heavy atom. The normalized spacial score (nSPS) is 9.85. The molecule has 0 aliphatic heterocycles. The minimum atomic E-state index is -0.259. The highest BCUT2D eigenvalue weighted by molar-refractivity contribution is 5.14. The van der Waals surface area contributed by atoms with Crippen molar-refractivity contribution in [3.05, 3.63) is 46.0 Å². The third-order valence-electron chi connectivity index (χ3n) is 1.90. The van der Waals surface area contributed by atoms with Crippen LogP contribution in [-0.4, -0.2) is 11.5 Å². The van der Waals surface area contributed by atoms with Gasteiger partial charge in [0.2, 0.25) is 6.54 Å². The summed E-state index contributed by atoms with van der Waals surface area (Å²) in [5, 5.41) is 10.0. The van der Waals surface area contributed by atoms with Crippen LogP contribution in [0.2, 0.25) is 0 Å². The molecule has 0 saturated carbocycles. The van der Waals surface area contributed by atoms with E-state index in [1.165, 1.54) is 5.56 Å². The van der Waals surface area contributed by atoms with Gasteiger partial charge in [-0.25, -0.2) is 0 Å². The summed E-state index contributed by atoms with van der Waals surface area (Å²) in [5.74, 6) is 0. The maximum atomic E-state index is 10.0. The minimum Gasteiger partial charge on any atom is -0.265 e. The van der Waals surface area contributed by atoms with Gasteiger partial charge in [-0.05, 0) is 18.4 Å². The van der Waals surface area contributed by atoms with Gasteiger partial charge in [-0.2, -0.15) is 0 Å². The van der Waals surface area contributed by atoms with Crippen molar-refractivity contribution in [2.24, 2.45) is 0 Å². The van der Waals surface area contributed by atoms with Crippen LogP contribution in [0.5, 0.6) is 0 Å². The molecule has 0 fully saturated rings. The number of rotatable bonds is 5. The molecule has 0 atom stereocenters. The molecule has 0 aliphatic rings. The van der Waals surface area contributed by atoms with E-state index < -0.39 is 0 Å². The molecule has 3 nitrogen and oxygen atoms in total. The molecular weight excluding hydrogens is 166 g/mol. The van der Waals surface area contributed by atoms with Crippen molar-refractivity contribution < 1.29 is 4.92 Å². The minimum absolute atomic E-state index is 0.0901. The van der Waals surface area contributed by atoms with E-state index in [2.05, 4.69) is 0 Å². The summed E-state index contributed by atoms with van der Waals surface area (Å²) in [6, 6.07) is 10.0. The van der Waals surface area contributed by atoms with E-state index in [1.807, 2.05) is 30.3 Å². The lowest BCUT2D eigenvalue weighted by molar-refractivity contribution is -0.480. The molecule has 0 aliphatic carbocycles. The van der Waals surface area contributed by atoms with Gasteiger partial charge in [0.1, 0.15) is 0 Å². The molecule has 0 amide bonds. The number of aryl methyl sites for hydroxylation is 1. The van der Waals surface area contributed by atoms with Crippen molar-refractivity contribution >= 4 is 0 Å². The van der Waals surface area contributed by atoms with Gasteiger partial charge in [-0.3, -0.25) is 10.1 Å². The smallest absolute Gasteiger partial charge is 0.203 e. The van der Waals surface area contributed by atoms with Gasteiger partial charge in [-0.15, -0.1) is 0 Å². The molecule has 1 rings (SSSR count). The van der Waals surface area contributed by atoms with Crippen LogP contribution in [-0.2, 0) is 6.42 Å². The fourth-order valence-corrected chi connectivity index (χ4v) is 1.21. The van der Waals surface area contributed by atoms with Crippen LogP contribution in [0.1, 0.15) is 18.4 Å². The third kappa shape index (κ3) is 4.25. The molecule has 0 aromatic heterocycles. The van der Waals surface area contributed by atoms with Crippen LogP contribution < -0.4 is 0 Å². The van der Waals surface area contributed by atoms with Gasteiger partial charge < -0.3 is 0 Å². The van der Waals surface area contributed by atoms with Crippen molar-refractivity contribution in [3.8, 4) is 0 Å². The van der Waals surface area contributed by atoms with Crippen LogP contribution in [0.15, 0.2) is 30.3 Å². The Kier molecular flexibility index (Phi) is 3.96. The first kappa shape index (κ1) is 9.71. The van der Waals surface area contributed by atoms with Crippen molar-refractivity contribution in [1.82, 2.24) is 0 Å². The summed E-state index contributed by atoms with van der Waals surface area (Å²) in [6.45, 7) is 0.0901. The van der Waals surface area contributed by atoms with Gasteiger partial charge in [0.25, 0.3) is 0 Å². The molecule has 0 spiro atoms. The monoisotopic (exact) mass is 179 g/mol. The van der Waals surface area contributed by atoms with E-state index in [-0.39, 0.29) is 11.5 Å². The molecule has 0 unspecified atom stereocenters. The van der Waals surface area contributed by atoms with E-state index in [9.17, 15) is 10.1 Å². The number of hydrogen-bond donors (Lipinski definition) is 0. The second-order valence-electron chi connectivity index (χ2n) is 3.00. The highest BCUT2D eigenvalue weighted by Gasteiger charge is 1.97. The van der Waals surface area contributed by atoms with Gasteiger partial charge in [0.15, 0.2) is 0 Å². The fraction of sp³-hybridized carbons (Fsp3) is 0.400. The Morgan fingerprint density at radius 1 is 1.15 bits per heavy atom. The summed E-state index contributed by atoms with van der Waals surface area (Å²) in [4.78, 5) is 9.76. The molecule has 0 heterocycles. The molecule has 70 valence electrons. The molecule has 0 radical (unpaired) electrons. The lowest BCUT2D eigenvalue weighted by atomic mass is 10.1. The summed E-state index contributed by atoms with van der Waals surface area (Å²) in [5.41, 5.74) is 1.26. The van der Waals surface area contributed by atoms with E-state index in [1.54, 1.807) is 0 Å². The highest BCUT2D eigenvalue weighted by Crippen LogP contribution is 2.03. The van der Waals surface area contributed by atoms with Crippen LogP contribution in [0.25, 0.3) is 0 Å². The van der Waals surface area contributed by atoms with Crippen LogP contribution in [0, 0.1) is 10.1 Å². The zero-order valence-corrected chi connectivity index (χ0v) is 7.48. The molecular formula is C10H13NO2. The Balaban J connectivity index is 2.17. The second kappa shape index (κ2) is 5.30. The molecule has 0 N–H and O–H groups in total. The Morgan fingerprint density at radius 2 is 1.85 bits per heavy atom. The Labute approximate surface area is 77.5 Å². The summed E-state index contributed by atoms with van der Waals surface area (Å²) in [6.07, 6.45) is 2.50. The van der Waals surface area contributed by atoms with Crippen LogP contribution >= 0.6 is 0 Å². The van der Waals surface area contributed by atoms with Crippen molar-refractivity contribution in [2.75, 3.05) is 6.54 Å². The van der Waals surface area contributed by atoms with Crippen LogP contribution in [0.3, 0.4) is 0 Å². The summed E-state index contributed by atoms with van der Waals surface area (Å²) < 4.78 is 0. The predicted molar refractivity (Wildman–Crippen MR) is 51.2 cm³/mol. The first-order chi connectivity index (χ1) is 6.29. The lowest BCUT2D eigenvalue weighted by Crippen LogP contribution is -2.00. The van der Waals surface area contributed by atoms with E-state index in [4.69, 9.17) is 0 Å². The van der Waals surface area contributed by atoms with Crippen molar-refractivity contribution in [1.29, 1.82) is 0 Å². The number of unbranched alkanes of at least 4 members (excludes halogenated alkanes) is 1. The quantitative estimate of drug-likeness (QED) is 0.395. The Hall–Kier alpha value is -1.38. The van der Waals surface area contributed by atoms with Gasteiger partial charge >= 0.3 is 0 Å². The second-order valence-corrected chi connectivity index (χ2v) is 3.00. The highest BCUT2D eigenvalue weighted by atomic mass is 16.6. The molecule has 13 heavy (non-hydrogen) atoms. The molecule has 1 aromatic carbocycles. The maximum Gasteiger partial charge on any atom is 0.203 e.